The van der Waals surface area contributed by atoms with Gasteiger partial charge in [0.05, 0.1) is 16.1 Å². The molecule has 1 amide bonds. The molecule has 0 aliphatic rings. The molecule has 10 heteroatoms. The standard InChI is InChI=1S/C18H18N4O3S3/c1-3-26-18-21-20-17(27-18)19-16(23)14-6-4-5-7-15(14)22-28(24,25)13-10-8-12(2)9-11-13/h4-11,22H,3H2,1-2H3,(H,19,20,23). The Labute approximate surface area is 171 Å². The number of para-hydroxylation sites is 1. The Bertz CT molecular complexity index is 1080. The zero-order chi connectivity index (χ0) is 20.1. The van der Waals surface area contributed by atoms with Crippen LogP contribution in [0.25, 0.3) is 0 Å². The van der Waals surface area contributed by atoms with Gasteiger partial charge in [-0.05, 0) is 36.9 Å². The number of carbonyl (C=O) groups is 1. The number of aryl methyl sites for hydroxylation is 1. The van der Waals surface area contributed by atoms with Gasteiger partial charge in [0.2, 0.25) is 5.13 Å². The molecule has 3 rings (SSSR count). The first-order valence-electron chi connectivity index (χ1n) is 8.35. The van der Waals surface area contributed by atoms with Gasteiger partial charge in [0.25, 0.3) is 15.9 Å². The normalized spacial score (nSPS) is 11.2. The lowest BCUT2D eigenvalue weighted by Gasteiger charge is -2.12. The van der Waals surface area contributed by atoms with Crippen molar-refractivity contribution in [1.29, 1.82) is 0 Å². The van der Waals surface area contributed by atoms with Gasteiger partial charge >= 0.3 is 0 Å². The quantitative estimate of drug-likeness (QED) is 0.430. The molecule has 0 aliphatic carbocycles. The molecule has 0 radical (unpaired) electrons. The molecule has 2 aromatic carbocycles. The van der Waals surface area contributed by atoms with E-state index in [0.29, 0.717) is 5.13 Å². The Morgan fingerprint density at radius 3 is 2.54 bits per heavy atom. The first kappa shape index (κ1) is 20.3. The van der Waals surface area contributed by atoms with Gasteiger partial charge in [-0.25, -0.2) is 8.42 Å². The van der Waals surface area contributed by atoms with Crippen molar-refractivity contribution in [2.24, 2.45) is 0 Å². The molecule has 2 N–H and O–H groups in total. The molecule has 0 atom stereocenters. The maximum absolute atomic E-state index is 12.7. The fraction of sp³-hybridized carbons (Fsp3) is 0.167. The Morgan fingerprint density at radius 1 is 1.11 bits per heavy atom. The number of thioether (sulfide) groups is 1. The molecule has 146 valence electrons. The largest absolute Gasteiger partial charge is 0.296 e. The van der Waals surface area contributed by atoms with Crippen LogP contribution in [0.5, 0.6) is 0 Å². The lowest BCUT2D eigenvalue weighted by molar-refractivity contribution is 0.102. The van der Waals surface area contributed by atoms with E-state index < -0.39 is 15.9 Å². The zero-order valence-electron chi connectivity index (χ0n) is 15.2. The Hall–Kier alpha value is -2.43. The van der Waals surface area contributed by atoms with E-state index in [2.05, 4.69) is 20.2 Å². The molecular weight excluding hydrogens is 416 g/mol. The molecular formula is C18H18N4O3S3. The SMILES string of the molecule is CCSc1nnc(NC(=O)c2ccccc2NS(=O)(=O)c2ccc(C)cc2)s1. The van der Waals surface area contributed by atoms with Crippen molar-refractivity contribution in [2.45, 2.75) is 23.1 Å². The van der Waals surface area contributed by atoms with Crippen molar-refractivity contribution < 1.29 is 13.2 Å². The summed E-state index contributed by atoms with van der Waals surface area (Å²) in [5.41, 5.74) is 1.34. The molecule has 0 saturated carbocycles. The van der Waals surface area contributed by atoms with Gasteiger partial charge < -0.3 is 0 Å². The number of benzene rings is 2. The highest BCUT2D eigenvalue weighted by Gasteiger charge is 2.19. The maximum Gasteiger partial charge on any atom is 0.261 e. The second-order valence-corrected chi connectivity index (χ2v) is 9.90. The minimum Gasteiger partial charge on any atom is -0.296 e. The fourth-order valence-electron chi connectivity index (χ4n) is 2.30. The van der Waals surface area contributed by atoms with Crippen molar-refractivity contribution >= 4 is 49.8 Å². The van der Waals surface area contributed by atoms with Gasteiger partial charge in [-0.2, -0.15) is 0 Å². The monoisotopic (exact) mass is 434 g/mol. The minimum absolute atomic E-state index is 0.124. The van der Waals surface area contributed by atoms with Crippen LogP contribution in [0.3, 0.4) is 0 Å². The van der Waals surface area contributed by atoms with Crippen LogP contribution >= 0.6 is 23.1 Å². The number of anilines is 2. The van der Waals surface area contributed by atoms with E-state index >= 15 is 0 Å². The summed E-state index contributed by atoms with van der Waals surface area (Å²) in [6.45, 7) is 3.88. The summed E-state index contributed by atoms with van der Waals surface area (Å²) in [4.78, 5) is 12.8. The van der Waals surface area contributed by atoms with Crippen LogP contribution in [-0.4, -0.2) is 30.3 Å². The molecule has 7 nitrogen and oxygen atoms in total. The average Bonchev–Trinajstić information content (AvgIpc) is 3.09. The summed E-state index contributed by atoms with van der Waals surface area (Å²) in [6, 6.07) is 12.9. The number of aromatic nitrogens is 2. The van der Waals surface area contributed by atoms with Crippen molar-refractivity contribution in [1.82, 2.24) is 10.2 Å². The molecule has 0 unspecified atom stereocenters. The minimum atomic E-state index is -3.82. The first-order valence-corrected chi connectivity index (χ1v) is 11.6. The van der Waals surface area contributed by atoms with Gasteiger partial charge in [0, 0.05) is 0 Å². The molecule has 0 spiro atoms. The summed E-state index contributed by atoms with van der Waals surface area (Å²) in [5, 5.41) is 11.0. The lowest BCUT2D eigenvalue weighted by Crippen LogP contribution is -2.18. The fourth-order valence-corrected chi connectivity index (χ4v) is 5.02. The number of hydrogen-bond acceptors (Lipinski definition) is 7. The van der Waals surface area contributed by atoms with E-state index in [1.807, 2.05) is 13.8 Å². The third-order valence-electron chi connectivity index (χ3n) is 3.64. The molecule has 1 aromatic heterocycles. The van der Waals surface area contributed by atoms with Gasteiger partial charge in [0.15, 0.2) is 4.34 Å². The number of sulfonamides is 1. The predicted molar refractivity (Wildman–Crippen MR) is 113 cm³/mol. The summed E-state index contributed by atoms with van der Waals surface area (Å²) in [7, 11) is -3.82. The lowest BCUT2D eigenvalue weighted by atomic mass is 10.2. The van der Waals surface area contributed by atoms with Crippen LogP contribution in [0.15, 0.2) is 57.8 Å². The summed E-state index contributed by atoms with van der Waals surface area (Å²) < 4.78 is 28.6. The van der Waals surface area contributed by atoms with Crippen molar-refractivity contribution in [3.63, 3.8) is 0 Å². The molecule has 0 fully saturated rings. The third kappa shape index (κ3) is 4.89. The van der Waals surface area contributed by atoms with Gasteiger partial charge in [0.1, 0.15) is 0 Å². The number of rotatable bonds is 7. The zero-order valence-corrected chi connectivity index (χ0v) is 17.6. The number of nitrogens with one attached hydrogen (secondary N) is 2. The Balaban J connectivity index is 1.82. The van der Waals surface area contributed by atoms with E-state index in [1.54, 1.807) is 36.4 Å². The highest BCUT2D eigenvalue weighted by Crippen LogP contribution is 2.26. The molecule has 28 heavy (non-hydrogen) atoms. The second-order valence-electron chi connectivity index (χ2n) is 5.72. The van der Waals surface area contributed by atoms with E-state index in [-0.39, 0.29) is 16.1 Å². The van der Waals surface area contributed by atoms with Crippen molar-refractivity contribution in [3.05, 3.63) is 59.7 Å². The van der Waals surface area contributed by atoms with Gasteiger partial charge in [-0.3, -0.25) is 14.8 Å². The predicted octanol–water partition coefficient (Wildman–Crippen LogP) is 4.01. The van der Waals surface area contributed by atoms with Gasteiger partial charge in [-0.1, -0.05) is 59.9 Å². The van der Waals surface area contributed by atoms with Gasteiger partial charge in [-0.15, -0.1) is 10.2 Å². The number of hydrogen-bond donors (Lipinski definition) is 2. The number of carbonyl (C=O) groups excluding carboxylic acids is 1. The van der Waals surface area contributed by atoms with E-state index in [4.69, 9.17) is 0 Å². The Kier molecular flexibility index (Phi) is 6.32. The number of amides is 1. The average molecular weight is 435 g/mol. The molecule has 0 bridgehead atoms. The van der Waals surface area contributed by atoms with Crippen molar-refractivity contribution in [2.75, 3.05) is 15.8 Å². The maximum atomic E-state index is 12.7. The Morgan fingerprint density at radius 2 is 1.82 bits per heavy atom. The second kappa shape index (κ2) is 8.72. The summed E-state index contributed by atoms with van der Waals surface area (Å²) in [6.07, 6.45) is 0. The molecule has 0 saturated heterocycles. The molecule has 0 aliphatic heterocycles. The van der Waals surface area contributed by atoms with Crippen LogP contribution in [-0.2, 0) is 10.0 Å². The van der Waals surface area contributed by atoms with E-state index in [0.717, 1.165) is 15.7 Å². The third-order valence-corrected chi connectivity index (χ3v) is 6.88. The van der Waals surface area contributed by atoms with E-state index in [9.17, 15) is 13.2 Å². The van der Waals surface area contributed by atoms with Crippen LogP contribution in [0.2, 0.25) is 0 Å². The molecule has 3 aromatic rings. The van der Waals surface area contributed by atoms with Crippen LogP contribution < -0.4 is 10.0 Å². The van der Waals surface area contributed by atoms with Crippen LogP contribution in [0, 0.1) is 6.92 Å². The topological polar surface area (TPSA) is 101 Å². The van der Waals surface area contributed by atoms with E-state index in [1.165, 1.54) is 35.2 Å². The smallest absolute Gasteiger partial charge is 0.261 e. The first-order chi connectivity index (χ1) is 13.4. The highest BCUT2D eigenvalue weighted by atomic mass is 32.2. The van der Waals surface area contributed by atoms with Crippen LogP contribution in [0.1, 0.15) is 22.8 Å². The number of nitrogens with zero attached hydrogens (tertiary/aromatic N) is 2. The summed E-state index contributed by atoms with van der Waals surface area (Å²) in [5.74, 6) is 0.387. The molecule has 1 heterocycles. The summed E-state index contributed by atoms with van der Waals surface area (Å²) >= 11 is 2.80. The van der Waals surface area contributed by atoms with Crippen LogP contribution in [0.4, 0.5) is 10.8 Å². The highest BCUT2D eigenvalue weighted by molar-refractivity contribution is 8.01. The van der Waals surface area contributed by atoms with Crippen molar-refractivity contribution in [3.8, 4) is 0 Å².